The van der Waals surface area contributed by atoms with Gasteiger partial charge in [-0.15, -0.1) is 0 Å². The van der Waals surface area contributed by atoms with Gasteiger partial charge in [-0.2, -0.15) is 0 Å². The number of fused-ring (bicyclic) bond motifs is 1. The molecule has 1 N–H and O–H groups in total. The van der Waals surface area contributed by atoms with E-state index in [9.17, 15) is 9.59 Å². The molecule has 0 saturated carbocycles. The Bertz CT molecular complexity index is 1020. The molecule has 3 aromatic rings. The number of carbonyl (C=O) groups is 2. The van der Waals surface area contributed by atoms with E-state index >= 15 is 0 Å². The van der Waals surface area contributed by atoms with E-state index < -0.39 is 0 Å². The molecule has 0 radical (unpaired) electrons. The van der Waals surface area contributed by atoms with Crippen molar-refractivity contribution in [2.24, 2.45) is 0 Å². The molecule has 164 valence electrons. The summed E-state index contributed by atoms with van der Waals surface area (Å²) in [5.41, 5.74) is 2.34. The molecule has 0 aliphatic rings. The van der Waals surface area contributed by atoms with E-state index in [1.54, 1.807) is 24.3 Å². The number of rotatable bonds is 10. The number of hydrogen-bond acceptors (Lipinski definition) is 3. The number of imidazole rings is 1. The van der Waals surface area contributed by atoms with Gasteiger partial charge < -0.3 is 14.8 Å². The van der Waals surface area contributed by atoms with Crippen LogP contribution in [0.15, 0.2) is 48.5 Å². The Morgan fingerprint density at radius 1 is 1.03 bits per heavy atom. The van der Waals surface area contributed by atoms with Gasteiger partial charge in [-0.3, -0.25) is 9.59 Å². The van der Waals surface area contributed by atoms with E-state index in [2.05, 4.69) is 19.2 Å². The Morgan fingerprint density at radius 3 is 2.39 bits per heavy atom. The third-order valence-corrected chi connectivity index (χ3v) is 5.36. The van der Waals surface area contributed by atoms with Crippen molar-refractivity contribution in [1.29, 1.82) is 0 Å². The van der Waals surface area contributed by atoms with Gasteiger partial charge in [0.1, 0.15) is 12.4 Å². The Labute approximate surface area is 188 Å². The van der Waals surface area contributed by atoms with Crippen molar-refractivity contribution in [2.45, 2.75) is 39.7 Å². The number of halogens is 1. The SMILES string of the molecule is CCCN(CCC)C(=O)Cn1c(CCNC(=O)c2ccc(Cl)cc2)nc2ccccc21. The Kier molecular flexibility index (Phi) is 8.06. The summed E-state index contributed by atoms with van der Waals surface area (Å²) in [4.78, 5) is 32.0. The number of nitrogens with zero attached hydrogens (tertiary/aromatic N) is 3. The van der Waals surface area contributed by atoms with Crippen molar-refractivity contribution in [3.05, 3.63) is 64.9 Å². The molecule has 6 nitrogen and oxygen atoms in total. The van der Waals surface area contributed by atoms with Crippen molar-refractivity contribution in [1.82, 2.24) is 19.8 Å². The molecule has 7 heteroatoms. The van der Waals surface area contributed by atoms with Crippen molar-refractivity contribution in [3.63, 3.8) is 0 Å². The second-order valence-corrected chi connectivity index (χ2v) is 7.93. The van der Waals surface area contributed by atoms with Crippen molar-refractivity contribution < 1.29 is 9.59 Å². The highest BCUT2D eigenvalue weighted by Gasteiger charge is 2.17. The van der Waals surface area contributed by atoms with Crippen LogP contribution < -0.4 is 5.32 Å². The van der Waals surface area contributed by atoms with Gasteiger partial charge in [0.2, 0.25) is 5.91 Å². The lowest BCUT2D eigenvalue weighted by Gasteiger charge is -2.22. The maximum atomic E-state index is 13.0. The average Bonchev–Trinajstić information content (AvgIpc) is 3.11. The average molecular weight is 441 g/mol. The quantitative estimate of drug-likeness (QED) is 0.510. The molecule has 3 rings (SSSR count). The Balaban J connectivity index is 1.73. The van der Waals surface area contributed by atoms with Crippen molar-refractivity contribution >= 4 is 34.4 Å². The van der Waals surface area contributed by atoms with Crippen LogP contribution in [-0.4, -0.2) is 45.9 Å². The summed E-state index contributed by atoms with van der Waals surface area (Å²) in [6.07, 6.45) is 2.39. The Morgan fingerprint density at radius 2 is 1.71 bits per heavy atom. The molecule has 0 aliphatic carbocycles. The molecule has 2 aromatic carbocycles. The fourth-order valence-corrected chi connectivity index (χ4v) is 3.75. The maximum absolute atomic E-state index is 13.0. The fraction of sp³-hybridized carbons (Fsp3) is 0.375. The minimum Gasteiger partial charge on any atom is -0.352 e. The van der Waals surface area contributed by atoms with Crippen LogP contribution in [0.3, 0.4) is 0 Å². The number of carbonyl (C=O) groups excluding carboxylic acids is 2. The maximum Gasteiger partial charge on any atom is 0.251 e. The van der Waals surface area contributed by atoms with E-state index in [1.807, 2.05) is 33.7 Å². The number of amides is 2. The van der Waals surface area contributed by atoms with Gasteiger partial charge >= 0.3 is 0 Å². The molecule has 0 fully saturated rings. The number of para-hydroxylation sites is 2. The molecule has 0 aliphatic heterocycles. The van der Waals surface area contributed by atoms with Crippen LogP contribution in [0.2, 0.25) is 5.02 Å². The molecule has 1 aromatic heterocycles. The number of benzene rings is 2. The van der Waals surface area contributed by atoms with Crippen molar-refractivity contribution in [2.75, 3.05) is 19.6 Å². The Hall–Kier alpha value is -2.86. The van der Waals surface area contributed by atoms with Crippen LogP contribution in [0.25, 0.3) is 11.0 Å². The molecule has 0 unspecified atom stereocenters. The van der Waals surface area contributed by atoms with Gasteiger partial charge in [-0.1, -0.05) is 37.6 Å². The summed E-state index contributed by atoms with van der Waals surface area (Å²) < 4.78 is 1.98. The zero-order valence-corrected chi connectivity index (χ0v) is 18.9. The number of nitrogens with one attached hydrogen (secondary N) is 1. The highest BCUT2D eigenvalue weighted by atomic mass is 35.5. The third-order valence-electron chi connectivity index (χ3n) is 5.11. The molecular weight excluding hydrogens is 412 g/mol. The molecule has 0 saturated heterocycles. The topological polar surface area (TPSA) is 67.2 Å². The summed E-state index contributed by atoms with van der Waals surface area (Å²) in [7, 11) is 0. The predicted molar refractivity (Wildman–Crippen MR) is 124 cm³/mol. The van der Waals surface area contributed by atoms with Gasteiger partial charge in [0.05, 0.1) is 11.0 Å². The lowest BCUT2D eigenvalue weighted by atomic mass is 10.2. The van der Waals surface area contributed by atoms with Gasteiger partial charge in [0.15, 0.2) is 0 Å². The van der Waals surface area contributed by atoms with Crippen molar-refractivity contribution in [3.8, 4) is 0 Å². The van der Waals surface area contributed by atoms with Crippen LogP contribution in [0.5, 0.6) is 0 Å². The first-order valence-corrected chi connectivity index (χ1v) is 11.2. The highest BCUT2D eigenvalue weighted by molar-refractivity contribution is 6.30. The number of hydrogen-bond donors (Lipinski definition) is 1. The first-order valence-electron chi connectivity index (χ1n) is 10.8. The molecule has 31 heavy (non-hydrogen) atoms. The molecule has 2 amide bonds. The van der Waals surface area contributed by atoms with Crippen LogP contribution in [-0.2, 0) is 17.8 Å². The minimum atomic E-state index is -0.160. The van der Waals surface area contributed by atoms with E-state index in [4.69, 9.17) is 16.6 Å². The molecular formula is C24H29ClN4O2. The van der Waals surface area contributed by atoms with Gasteiger partial charge in [-0.05, 0) is 49.2 Å². The fourth-order valence-electron chi connectivity index (χ4n) is 3.62. The predicted octanol–water partition coefficient (Wildman–Crippen LogP) is 4.31. The largest absolute Gasteiger partial charge is 0.352 e. The lowest BCUT2D eigenvalue weighted by Crippen LogP contribution is -2.35. The third kappa shape index (κ3) is 5.85. The molecule has 0 spiro atoms. The van der Waals surface area contributed by atoms with E-state index in [-0.39, 0.29) is 18.4 Å². The van der Waals surface area contributed by atoms with Crippen LogP contribution in [0.4, 0.5) is 0 Å². The highest BCUT2D eigenvalue weighted by Crippen LogP contribution is 2.17. The van der Waals surface area contributed by atoms with Gasteiger partial charge in [0.25, 0.3) is 5.91 Å². The van der Waals surface area contributed by atoms with Gasteiger partial charge in [-0.25, -0.2) is 4.98 Å². The first-order chi connectivity index (χ1) is 15.0. The normalized spacial score (nSPS) is 10.9. The van der Waals surface area contributed by atoms with E-state index in [0.717, 1.165) is 42.8 Å². The minimum absolute atomic E-state index is 0.0957. The summed E-state index contributed by atoms with van der Waals surface area (Å²) in [5.74, 6) is 0.727. The molecule has 0 bridgehead atoms. The van der Waals surface area contributed by atoms with E-state index in [0.29, 0.717) is 23.6 Å². The van der Waals surface area contributed by atoms with Gasteiger partial charge in [0, 0.05) is 36.6 Å². The van der Waals surface area contributed by atoms with E-state index in [1.165, 1.54) is 0 Å². The van der Waals surface area contributed by atoms with Crippen LogP contribution in [0.1, 0.15) is 42.9 Å². The first kappa shape index (κ1) is 22.8. The summed E-state index contributed by atoms with van der Waals surface area (Å²) in [5, 5.41) is 3.52. The zero-order chi connectivity index (χ0) is 22.2. The standard InChI is InChI=1S/C24H29ClN4O2/c1-3-15-28(16-4-2)23(30)17-29-21-8-6-5-7-20(21)27-22(29)13-14-26-24(31)18-9-11-19(25)12-10-18/h5-12H,3-4,13-17H2,1-2H3,(H,26,31). The lowest BCUT2D eigenvalue weighted by molar-refractivity contribution is -0.131. The van der Waals surface area contributed by atoms with Crippen LogP contribution >= 0.6 is 11.6 Å². The second kappa shape index (κ2) is 11.0. The number of aromatic nitrogens is 2. The molecule has 0 atom stereocenters. The monoisotopic (exact) mass is 440 g/mol. The second-order valence-electron chi connectivity index (χ2n) is 7.50. The van der Waals surface area contributed by atoms with Crippen LogP contribution in [0, 0.1) is 0 Å². The summed E-state index contributed by atoms with van der Waals surface area (Å²) in [6.45, 7) is 6.35. The smallest absolute Gasteiger partial charge is 0.251 e. The zero-order valence-electron chi connectivity index (χ0n) is 18.1. The summed E-state index contributed by atoms with van der Waals surface area (Å²) in [6, 6.07) is 14.6. The molecule has 1 heterocycles. The summed E-state index contributed by atoms with van der Waals surface area (Å²) >= 11 is 5.89.